The summed E-state index contributed by atoms with van der Waals surface area (Å²) in [4.78, 5) is 36.4. The number of carbonyl (C=O) groups is 4. The number of hydrogen-bond acceptors (Lipinski definition) is 8. The fourth-order valence-corrected chi connectivity index (χ4v) is 0. The van der Waals surface area contributed by atoms with Crippen molar-refractivity contribution in [1.82, 2.24) is 5.32 Å². The van der Waals surface area contributed by atoms with Crippen molar-refractivity contribution in [3.05, 3.63) is 0 Å². The second-order valence-corrected chi connectivity index (χ2v) is 2.28. The van der Waals surface area contributed by atoms with Gasteiger partial charge in [0.25, 0.3) is 0 Å². The van der Waals surface area contributed by atoms with E-state index in [0.717, 1.165) is 20.8 Å². The van der Waals surface area contributed by atoms with Crippen LogP contribution in [0.2, 0.25) is 0 Å². The van der Waals surface area contributed by atoms with Crippen LogP contribution in [0, 0.1) is 0 Å². The molecule has 0 aliphatic rings. The van der Waals surface area contributed by atoms with Crippen LogP contribution in [0.4, 0.5) is 0 Å². The Morgan fingerprint density at radius 1 is 0.556 bits per heavy atom. The van der Waals surface area contributed by atoms with E-state index in [0.29, 0.717) is 0 Å². The molecule has 0 saturated heterocycles. The lowest BCUT2D eigenvalue weighted by Gasteiger charge is -1.80. The summed E-state index contributed by atoms with van der Waals surface area (Å²) in [6.45, 7) is 20.4. The number of carboxylic acids is 3. The highest BCUT2D eigenvalue weighted by atomic mass is 16.4. The van der Waals surface area contributed by atoms with E-state index < -0.39 is 17.9 Å². The quantitative estimate of drug-likeness (QED) is 0.555. The van der Waals surface area contributed by atoms with E-state index in [2.05, 4.69) is 11.1 Å². The first-order valence-corrected chi connectivity index (χ1v) is 8.76. The van der Waals surface area contributed by atoms with Gasteiger partial charge in [-0.1, -0.05) is 55.4 Å². The minimum absolute atomic E-state index is 0.00463. The number of carboxylic acid groups (broad SMARTS) is 3. The molecule has 0 aromatic heterocycles. The van der Waals surface area contributed by atoms with E-state index >= 15 is 0 Å². The Hall–Kier alpha value is -2.16. The zero-order valence-corrected chi connectivity index (χ0v) is 19.9. The minimum Gasteiger partial charge on any atom is -0.550 e. The Labute approximate surface area is 167 Å². The van der Waals surface area contributed by atoms with Crippen molar-refractivity contribution < 1.29 is 34.5 Å². The van der Waals surface area contributed by atoms with Crippen molar-refractivity contribution in [2.24, 2.45) is 5.73 Å². The third kappa shape index (κ3) is 444000. The summed E-state index contributed by atoms with van der Waals surface area (Å²) in [5.41, 5.74) is 4.50. The van der Waals surface area contributed by atoms with Crippen LogP contribution in [-0.4, -0.2) is 37.9 Å². The molecular weight excluding hydrogens is 356 g/mol. The predicted molar refractivity (Wildman–Crippen MR) is 107 cm³/mol. The first kappa shape index (κ1) is 56.3. The van der Waals surface area contributed by atoms with Gasteiger partial charge in [-0.2, -0.15) is 0 Å². The van der Waals surface area contributed by atoms with Gasteiger partial charge in [0, 0.05) is 31.9 Å². The Kier molecular flexibility index (Phi) is 221. The Balaban J connectivity index is -0.0000000199. The molecule has 0 unspecified atom stereocenters. The van der Waals surface area contributed by atoms with Crippen LogP contribution in [-0.2, 0) is 19.2 Å². The molecule has 9 heteroatoms. The van der Waals surface area contributed by atoms with Crippen LogP contribution in [0.1, 0.15) is 83.1 Å². The minimum atomic E-state index is -1.08. The van der Waals surface area contributed by atoms with Gasteiger partial charge in [-0.3, -0.25) is 4.79 Å². The summed E-state index contributed by atoms with van der Waals surface area (Å²) >= 11 is 0. The summed E-state index contributed by atoms with van der Waals surface area (Å²) < 4.78 is 0. The second-order valence-electron chi connectivity index (χ2n) is 2.28. The Morgan fingerprint density at radius 3 is 0.593 bits per heavy atom. The molecule has 9 nitrogen and oxygen atoms in total. The molecule has 27 heavy (non-hydrogen) atoms. The van der Waals surface area contributed by atoms with E-state index in [4.69, 9.17) is 29.7 Å². The maximum Gasteiger partial charge on any atom is 0.216 e. The number of nitrogens with two attached hydrogens (primary N) is 1. The van der Waals surface area contributed by atoms with E-state index in [1.807, 2.05) is 55.4 Å². The van der Waals surface area contributed by atoms with Gasteiger partial charge in [0.2, 0.25) is 5.91 Å². The third-order valence-corrected chi connectivity index (χ3v) is 0.352. The Bertz CT molecular complexity index is 207. The van der Waals surface area contributed by atoms with Gasteiger partial charge >= 0.3 is 0 Å². The van der Waals surface area contributed by atoms with Crippen LogP contribution in [0.5, 0.6) is 0 Å². The van der Waals surface area contributed by atoms with Gasteiger partial charge in [-0.15, -0.1) is 0 Å². The molecule has 0 radical (unpaired) electrons. The van der Waals surface area contributed by atoms with Gasteiger partial charge in [0.1, 0.15) is 0 Å². The van der Waals surface area contributed by atoms with Crippen LogP contribution in [0.3, 0.4) is 0 Å². The summed E-state index contributed by atoms with van der Waals surface area (Å²) in [5.74, 6) is -3.25. The van der Waals surface area contributed by atoms with Crippen molar-refractivity contribution in [2.45, 2.75) is 83.1 Å². The highest BCUT2D eigenvalue weighted by Crippen LogP contribution is 1.45. The first-order valence-electron chi connectivity index (χ1n) is 8.76. The molecule has 1 amide bonds. The van der Waals surface area contributed by atoms with Crippen molar-refractivity contribution in [2.75, 3.05) is 14.1 Å². The van der Waals surface area contributed by atoms with Gasteiger partial charge in [-0.05, 0) is 27.8 Å². The van der Waals surface area contributed by atoms with E-state index in [1.54, 1.807) is 7.05 Å². The van der Waals surface area contributed by atoms with E-state index in [9.17, 15) is 4.79 Å². The fourth-order valence-electron chi connectivity index (χ4n) is 0. The lowest BCUT2D eigenvalue weighted by molar-refractivity contribution is -0.303. The molecule has 0 aromatic carbocycles. The maximum atomic E-state index is 9.70. The SMILES string of the molecule is CC.CC.CC.CC.CC(=O)[O-].CC(=O)[O-].CC(=O)[O-].CN.CNC(C)=O. The number of rotatable bonds is 0. The zero-order valence-electron chi connectivity index (χ0n) is 19.9. The average molecular weight is 402 g/mol. The van der Waals surface area contributed by atoms with Crippen molar-refractivity contribution >= 4 is 23.8 Å². The van der Waals surface area contributed by atoms with E-state index in [1.165, 1.54) is 14.0 Å². The molecule has 0 aliphatic heterocycles. The molecule has 0 bridgehead atoms. The summed E-state index contributed by atoms with van der Waals surface area (Å²) in [5, 5.41) is 29.1. The largest absolute Gasteiger partial charge is 0.550 e. The standard InChI is InChI=1S/C3H7NO.3C2H4O2.4C2H6.CH5N/c1-3(5)4-2;3*1-2(3)4;5*1-2/h1-2H3,(H,4,5);3*1H3,(H,3,4);4*1-2H3;2H2,1H3/p-3. The second kappa shape index (κ2) is 106. The molecule has 172 valence electrons. The molecule has 0 fully saturated rings. The van der Waals surface area contributed by atoms with Gasteiger partial charge in [0.15, 0.2) is 0 Å². The van der Waals surface area contributed by atoms with Crippen molar-refractivity contribution in [3.63, 3.8) is 0 Å². The fraction of sp³-hybridized carbons (Fsp3) is 0.778. The van der Waals surface area contributed by atoms with Crippen LogP contribution < -0.4 is 26.4 Å². The number of hydrogen-bond donors (Lipinski definition) is 2. The van der Waals surface area contributed by atoms with Crippen molar-refractivity contribution in [3.8, 4) is 0 Å². The summed E-state index contributed by atoms with van der Waals surface area (Å²) in [6.07, 6.45) is 0. The molecule has 0 saturated carbocycles. The average Bonchev–Trinajstić information content (AvgIpc) is 2.62. The topological polar surface area (TPSA) is 176 Å². The molecule has 0 spiro atoms. The maximum absolute atomic E-state index is 9.70. The smallest absolute Gasteiger partial charge is 0.216 e. The highest BCUT2D eigenvalue weighted by Gasteiger charge is 1.72. The first-order chi connectivity index (χ1) is 12.5. The van der Waals surface area contributed by atoms with Gasteiger partial charge in [0.05, 0.1) is 0 Å². The lowest BCUT2D eigenvalue weighted by atomic mass is 10.7. The number of nitrogens with one attached hydrogen (secondary N) is 1. The highest BCUT2D eigenvalue weighted by molar-refractivity contribution is 5.72. The van der Waals surface area contributed by atoms with Crippen LogP contribution in [0.25, 0.3) is 0 Å². The predicted octanol–water partition coefficient (Wildman–Crippen LogP) is -0.299. The number of aliphatic carboxylic acids is 3. The summed E-state index contributed by atoms with van der Waals surface area (Å²) in [6, 6.07) is 0. The van der Waals surface area contributed by atoms with Crippen molar-refractivity contribution in [1.29, 1.82) is 0 Å². The van der Waals surface area contributed by atoms with Gasteiger partial charge < -0.3 is 40.8 Å². The number of amides is 1. The molecule has 0 aromatic rings. The van der Waals surface area contributed by atoms with Gasteiger partial charge in [-0.25, -0.2) is 0 Å². The molecule has 3 N–H and O–H groups in total. The number of carbonyl (C=O) groups excluding carboxylic acids is 4. The normalized spacial score (nSPS) is 5.15. The molecule has 0 aliphatic carbocycles. The molecule has 0 rings (SSSR count). The third-order valence-electron chi connectivity index (χ3n) is 0.352. The van der Waals surface area contributed by atoms with Crippen LogP contribution in [0.15, 0.2) is 0 Å². The zero-order chi connectivity index (χ0) is 25.0. The molecular formula is C18H45N2O7-3. The Morgan fingerprint density at radius 2 is 0.593 bits per heavy atom. The molecule has 0 heterocycles. The van der Waals surface area contributed by atoms with Crippen LogP contribution >= 0.6 is 0 Å². The summed E-state index contributed by atoms with van der Waals surface area (Å²) in [7, 11) is 3.10. The molecule has 0 atom stereocenters. The van der Waals surface area contributed by atoms with E-state index in [-0.39, 0.29) is 5.91 Å². The monoisotopic (exact) mass is 401 g/mol. The lowest BCUT2D eigenvalue weighted by Crippen LogP contribution is -2.16.